The van der Waals surface area contributed by atoms with Crippen LogP contribution in [0.5, 0.6) is 0 Å². The standard InChI is InChI=1S/C14H12FN3O3/c1-8(19)17-9-2-3-11(15)12(6-9)18-14(21)10-7-16-5-4-13(10)20/h2-7H,1H3,(H,16,20)(H,17,19)(H,18,21). The van der Waals surface area contributed by atoms with E-state index in [1.165, 1.54) is 37.5 Å². The van der Waals surface area contributed by atoms with E-state index in [-0.39, 0.29) is 17.2 Å². The molecule has 1 heterocycles. The number of nitrogens with one attached hydrogen (secondary N) is 3. The first kappa shape index (κ1) is 14.4. The monoisotopic (exact) mass is 289 g/mol. The molecule has 0 spiro atoms. The fourth-order valence-corrected chi connectivity index (χ4v) is 1.69. The van der Waals surface area contributed by atoms with E-state index in [0.29, 0.717) is 5.69 Å². The van der Waals surface area contributed by atoms with Crippen molar-refractivity contribution in [3.63, 3.8) is 0 Å². The molecule has 21 heavy (non-hydrogen) atoms. The van der Waals surface area contributed by atoms with Crippen LogP contribution in [-0.4, -0.2) is 16.8 Å². The molecule has 0 saturated carbocycles. The fraction of sp³-hybridized carbons (Fsp3) is 0.0714. The summed E-state index contributed by atoms with van der Waals surface area (Å²) in [5.74, 6) is -1.74. The number of amides is 2. The molecule has 0 aliphatic rings. The van der Waals surface area contributed by atoms with Crippen LogP contribution in [0.2, 0.25) is 0 Å². The molecule has 108 valence electrons. The molecule has 0 radical (unpaired) electrons. The Balaban J connectivity index is 2.27. The van der Waals surface area contributed by atoms with E-state index in [4.69, 9.17) is 0 Å². The number of aromatic nitrogens is 1. The Kier molecular flexibility index (Phi) is 4.13. The van der Waals surface area contributed by atoms with Gasteiger partial charge in [-0.3, -0.25) is 14.4 Å². The number of carbonyl (C=O) groups excluding carboxylic acids is 2. The van der Waals surface area contributed by atoms with Crippen LogP contribution in [0, 0.1) is 5.82 Å². The lowest BCUT2D eigenvalue weighted by Gasteiger charge is -2.08. The summed E-state index contributed by atoms with van der Waals surface area (Å²) in [7, 11) is 0. The Morgan fingerprint density at radius 3 is 2.62 bits per heavy atom. The number of hydrogen-bond donors (Lipinski definition) is 3. The number of hydrogen-bond acceptors (Lipinski definition) is 3. The number of pyridine rings is 1. The normalized spacial score (nSPS) is 10.0. The summed E-state index contributed by atoms with van der Waals surface area (Å²) in [6.07, 6.45) is 2.62. The number of H-pyrrole nitrogens is 1. The Hall–Kier alpha value is -2.96. The number of aromatic amines is 1. The van der Waals surface area contributed by atoms with Crippen LogP contribution in [0.3, 0.4) is 0 Å². The predicted octanol–water partition coefficient (Wildman–Crippen LogP) is 1.72. The van der Waals surface area contributed by atoms with Gasteiger partial charge in [-0.1, -0.05) is 0 Å². The maximum Gasteiger partial charge on any atom is 0.261 e. The first-order chi connectivity index (χ1) is 9.97. The van der Waals surface area contributed by atoms with Gasteiger partial charge in [0.15, 0.2) is 5.43 Å². The minimum absolute atomic E-state index is 0.130. The third kappa shape index (κ3) is 3.53. The molecule has 0 saturated heterocycles. The largest absolute Gasteiger partial charge is 0.367 e. The molecule has 0 atom stereocenters. The molecule has 0 fully saturated rings. The minimum atomic E-state index is -0.740. The van der Waals surface area contributed by atoms with Crippen LogP contribution >= 0.6 is 0 Å². The van der Waals surface area contributed by atoms with E-state index in [2.05, 4.69) is 15.6 Å². The van der Waals surface area contributed by atoms with E-state index in [9.17, 15) is 18.8 Å². The van der Waals surface area contributed by atoms with Gasteiger partial charge in [0.25, 0.3) is 5.91 Å². The molecule has 2 amide bonds. The van der Waals surface area contributed by atoms with E-state index >= 15 is 0 Å². The molecule has 2 aromatic rings. The molecule has 0 bridgehead atoms. The average Bonchev–Trinajstić information content (AvgIpc) is 2.42. The maximum absolute atomic E-state index is 13.7. The van der Waals surface area contributed by atoms with Crippen LogP contribution in [0.4, 0.5) is 15.8 Å². The summed E-state index contributed by atoms with van der Waals surface area (Å²) in [4.78, 5) is 37.0. The lowest BCUT2D eigenvalue weighted by atomic mass is 10.2. The van der Waals surface area contributed by atoms with Crippen LogP contribution in [0.15, 0.2) is 41.5 Å². The highest BCUT2D eigenvalue weighted by atomic mass is 19.1. The minimum Gasteiger partial charge on any atom is -0.367 e. The zero-order chi connectivity index (χ0) is 15.4. The second-order valence-corrected chi connectivity index (χ2v) is 4.25. The SMILES string of the molecule is CC(=O)Nc1ccc(F)c(NC(=O)c2c[nH]ccc2=O)c1. The van der Waals surface area contributed by atoms with Gasteiger partial charge in [-0.2, -0.15) is 0 Å². The predicted molar refractivity (Wildman–Crippen MR) is 75.7 cm³/mol. The molecule has 0 aliphatic heterocycles. The first-order valence-electron chi connectivity index (χ1n) is 6.03. The zero-order valence-electron chi connectivity index (χ0n) is 11.1. The quantitative estimate of drug-likeness (QED) is 0.803. The fourth-order valence-electron chi connectivity index (χ4n) is 1.69. The lowest BCUT2D eigenvalue weighted by molar-refractivity contribution is -0.114. The zero-order valence-corrected chi connectivity index (χ0v) is 11.1. The maximum atomic E-state index is 13.7. The van der Waals surface area contributed by atoms with Crippen molar-refractivity contribution in [2.24, 2.45) is 0 Å². The number of benzene rings is 1. The van der Waals surface area contributed by atoms with Gasteiger partial charge in [0.1, 0.15) is 11.4 Å². The Labute approximate surface area is 119 Å². The van der Waals surface area contributed by atoms with Crippen molar-refractivity contribution in [2.75, 3.05) is 10.6 Å². The number of carbonyl (C=O) groups is 2. The van der Waals surface area contributed by atoms with Crippen molar-refractivity contribution in [2.45, 2.75) is 6.92 Å². The van der Waals surface area contributed by atoms with Gasteiger partial charge >= 0.3 is 0 Å². The summed E-state index contributed by atoms with van der Waals surface area (Å²) >= 11 is 0. The summed E-state index contributed by atoms with van der Waals surface area (Å²) in [5, 5.41) is 4.77. The lowest BCUT2D eigenvalue weighted by Crippen LogP contribution is -2.21. The van der Waals surface area contributed by atoms with Crippen molar-refractivity contribution in [1.82, 2.24) is 4.98 Å². The molecule has 6 nitrogen and oxygen atoms in total. The van der Waals surface area contributed by atoms with E-state index < -0.39 is 17.2 Å². The van der Waals surface area contributed by atoms with Crippen LogP contribution < -0.4 is 16.1 Å². The molecule has 7 heteroatoms. The molecule has 1 aromatic carbocycles. The van der Waals surface area contributed by atoms with Gasteiger partial charge in [0, 0.05) is 31.1 Å². The van der Waals surface area contributed by atoms with Crippen LogP contribution in [0.25, 0.3) is 0 Å². The Morgan fingerprint density at radius 1 is 1.19 bits per heavy atom. The molecule has 1 aromatic heterocycles. The molecule has 3 N–H and O–H groups in total. The Morgan fingerprint density at radius 2 is 1.95 bits per heavy atom. The summed E-state index contributed by atoms with van der Waals surface area (Å²) < 4.78 is 13.7. The summed E-state index contributed by atoms with van der Waals surface area (Å²) in [6, 6.07) is 4.93. The van der Waals surface area contributed by atoms with Crippen molar-refractivity contribution in [1.29, 1.82) is 0 Å². The second kappa shape index (κ2) is 6.00. The van der Waals surface area contributed by atoms with E-state index in [1.54, 1.807) is 0 Å². The first-order valence-corrected chi connectivity index (χ1v) is 6.03. The second-order valence-electron chi connectivity index (χ2n) is 4.25. The van der Waals surface area contributed by atoms with Gasteiger partial charge in [0.2, 0.25) is 5.91 Å². The van der Waals surface area contributed by atoms with Gasteiger partial charge in [-0.15, -0.1) is 0 Å². The van der Waals surface area contributed by atoms with Crippen molar-refractivity contribution in [3.05, 3.63) is 58.3 Å². The summed E-state index contributed by atoms with van der Waals surface area (Å²) in [6.45, 7) is 1.31. The topological polar surface area (TPSA) is 91.1 Å². The smallest absolute Gasteiger partial charge is 0.261 e. The average molecular weight is 289 g/mol. The third-order valence-corrected chi connectivity index (χ3v) is 2.60. The van der Waals surface area contributed by atoms with Gasteiger partial charge < -0.3 is 15.6 Å². The highest BCUT2D eigenvalue weighted by Gasteiger charge is 2.13. The van der Waals surface area contributed by atoms with E-state index in [0.717, 1.165) is 6.07 Å². The highest BCUT2D eigenvalue weighted by molar-refractivity contribution is 6.04. The van der Waals surface area contributed by atoms with Crippen molar-refractivity contribution in [3.8, 4) is 0 Å². The van der Waals surface area contributed by atoms with Gasteiger partial charge in [-0.05, 0) is 18.2 Å². The highest BCUT2D eigenvalue weighted by Crippen LogP contribution is 2.20. The van der Waals surface area contributed by atoms with Crippen LogP contribution in [-0.2, 0) is 4.79 Å². The number of rotatable bonds is 3. The molecule has 0 aliphatic carbocycles. The number of anilines is 2. The van der Waals surface area contributed by atoms with Gasteiger partial charge in [-0.25, -0.2) is 4.39 Å². The Bertz CT molecular complexity index is 755. The molecular weight excluding hydrogens is 277 g/mol. The number of halogens is 1. The third-order valence-electron chi connectivity index (χ3n) is 2.60. The molecule has 0 unspecified atom stereocenters. The van der Waals surface area contributed by atoms with Crippen molar-refractivity contribution < 1.29 is 14.0 Å². The van der Waals surface area contributed by atoms with Crippen molar-refractivity contribution >= 4 is 23.2 Å². The van der Waals surface area contributed by atoms with Gasteiger partial charge in [0.05, 0.1) is 5.69 Å². The van der Waals surface area contributed by atoms with Crippen LogP contribution in [0.1, 0.15) is 17.3 Å². The molecular formula is C14H12FN3O3. The molecule has 2 rings (SSSR count). The van der Waals surface area contributed by atoms with E-state index in [1.807, 2.05) is 0 Å². The summed E-state index contributed by atoms with van der Waals surface area (Å²) in [5.41, 5.74) is -0.415.